The van der Waals surface area contributed by atoms with Crippen molar-refractivity contribution in [1.82, 2.24) is 9.55 Å². The molecule has 0 aliphatic rings. The van der Waals surface area contributed by atoms with Crippen molar-refractivity contribution in [2.24, 2.45) is 7.05 Å². The van der Waals surface area contributed by atoms with Gasteiger partial charge in [-0.25, -0.2) is 4.98 Å². The van der Waals surface area contributed by atoms with Crippen LogP contribution in [-0.4, -0.2) is 31.1 Å². The molecule has 6 nitrogen and oxygen atoms in total. The van der Waals surface area contributed by atoms with Crippen LogP contribution in [0.3, 0.4) is 0 Å². The van der Waals surface area contributed by atoms with Gasteiger partial charge in [0.15, 0.2) is 5.03 Å². The highest BCUT2D eigenvalue weighted by Crippen LogP contribution is 2.24. The highest BCUT2D eigenvalue weighted by molar-refractivity contribution is 7.92. The summed E-state index contributed by atoms with van der Waals surface area (Å²) in [4.78, 5) is 6.10. The van der Waals surface area contributed by atoms with Crippen LogP contribution in [0.1, 0.15) is 19.4 Å². The number of hydrogen-bond acceptors (Lipinski definition) is 4. The Morgan fingerprint density at radius 2 is 1.95 bits per heavy atom. The van der Waals surface area contributed by atoms with Crippen molar-refractivity contribution in [2.45, 2.75) is 25.8 Å². The molecule has 1 aromatic heterocycles. The molecule has 2 rings (SSSR count). The van der Waals surface area contributed by atoms with E-state index in [1.807, 2.05) is 19.1 Å². The van der Waals surface area contributed by atoms with Crippen molar-refractivity contribution in [3.8, 4) is 0 Å². The summed E-state index contributed by atoms with van der Waals surface area (Å²) in [5.74, 6) is 0. The van der Waals surface area contributed by atoms with Crippen molar-refractivity contribution >= 4 is 21.4 Å². The van der Waals surface area contributed by atoms with Gasteiger partial charge in [-0.2, -0.15) is 8.42 Å². The molecule has 0 unspecified atom stereocenters. The minimum absolute atomic E-state index is 0.0159. The third-order valence-electron chi connectivity index (χ3n) is 3.54. The van der Waals surface area contributed by atoms with Gasteiger partial charge in [0.2, 0.25) is 0 Å². The summed E-state index contributed by atoms with van der Waals surface area (Å²) in [6.45, 7) is 7.90. The molecular weight excluding hydrogens is 300 g/mol. The molecule has 1 N–H and O–H groups in total. The van der Waals surface area contributed by atoms with E-state index >= 15 is 0 Å². The number of imidazole rings is 1. The first-order chi connectivity index (χ1) is 10.4. The van der Waals surface area contributed by atoms with Gasteiger partial charge in [-0.15, -0.1) is 0 Å². The minimum Gasteiger partial charge on any atom is -0.372 e. The molecule has 0 saturated carbocycles. The molecule has 1 aromatic carbocycles. The van der Waals surface area contributed by atoms with Crippen LogP contribution in [0, 0.1) is 6.92 Å². The number of aryl methyl sites for hydroxylation is 2. The average molecular weight is 322 g/mol. The monoisotopic (exact) mass is 322 g/mol. The van der Waals surface area contributed by atoms with Crippen molar-refractivity contribution in [3.63, 3.8) is 0 Å². The van der Waals surface area contributed by atoms with Crippen molar-refractivity contribution in [1.29, 1.82) is 0 Å². The lowest BCUT2D eigenvalue weighted by Crippen LogP contribution is -2.22. The molecule has 120 valence electrons. The van der Waals surface area contributed by atoms with Crippen LogP contribution in [0.15, 0.2) is 35.7 Å². The lowest BCUT2D eigenvalue weighted by molar-refractivity contribution is 0.598. The van der Waals surface area contributed by atoms with E-state index in [0.717, 1.165) is 24.3 Å². The number of hydrogen-bond donors (Lipinski definition) is 1. The zero-order chi connectivity index (χ0) is 16.3. The van der Waals surface area contributed by atoms with Gasteiger partial charge in [0.25, 0.3) is 10.0 Å². The van der Waals surface area contributed by atoms with E-state index in [-0.39, 0.29) is 5.03 Å². The first kappa shape index (κ1) is 16.4. The van der Waals surface area contributed by atoms with Crippen LogP contribution in [0.4, 0.5) is 11.4 Å². The number of rotatable bonds is 6. The second-order valence-corrected chi connectivity index (χ2v) is 6.78. The molecule has 0 atom stereocenters. The van der Waals surface area contributed by atoms with Gasteiger partial charge in [-0.1, -0.05) is 0 Å². The molecule has 0 bridgehead atoms. The van der Waals surface area contributed by atoms with Gasteiger partial charge < -0.3 is 9.47 Å². The first-order valence-electron chi connectivity index (χ1n) is 7.23. The van der Waals surface area contributed by atoms with Gasteiger partial charge in [0, 0.05) is 32.0 Å². The number of sulfonamides is 1. The van der Waals surface area contributed by atoms with Crippen molar-refractivity contribution in [3.05, 3.63) is 36.3 Å². The maximum absolute atomic E-state index is 12.3. The smallest absolute Gasteiger partial charge is 0.280 e. The zero-order valence-electron chi connectivity index (χ0n) is 13.4. The quantitative estimate of drug-likeness (QED) is 0.886. The van der Waals surface area contributed by atoms with Gasteiger partial charge in [0.05, 0.1) is 12.0 Å². The fourth-order valence-corrected chi connectivity index (χ4v) is 3.39. The second kappa shape index (κ2) is 6.39. The standard InChI is InChI=1S/C15H22N4O2S/c1-5-19(6-2)13-7-8-14(12(3)9-13)17-22(20,21)15-10-18(4)11-16-15/h7-11,17H,5-6H2,1-4H3. The molecule has 2 aromatic rings. The number of nitrogens with one attached hydrogen (secondary N) is 1. The normalized spacial score (nSPS) is 11.5. The number of nitrogens with zero attached hydrogens (tertiary/aromatic N) is 3. The summed E-state index contributed by atoms with van der Waals surface area (Å²) >= 11 is 0. The van der Waals surface area contributed by atoms with Crippen LogP contribution >= 0.6 is 0 Å². The SMILES string of the molecule is CCN(CC)c1ccc(NS(=O)(=O)c2cn(C)cn2)c(C)c1. The molecule has 1 heterocycles. The van der Waals surface area contributed by atoms with Crippen LogP contribution in [0.25, 0.3) is 0 Å². The molecule has 0 aliphatic carbocycles. The van der Waals surface area contributed by atoms with E-state index in [1.54, 1.807) is 17.7 Å². The molecular formula is C15H22N4O2S. The Hall–Kier alpha value is -2.02. The zero-order valence-corrected chi connectivity index (χ0v) is 14.2. The maximum Gasteiger partial charge on any atom is 0.280 e. The summed E-state index contributed by atoms with van der Waals surface area (Å²) in [7, 11) is -1.92. The van der Waals surface area contributed by atoms with Gasteiger partial charge in [-0.05, 0) is 44.5 Å². The predicted octanol–water partition coefficient (Wildman–Crippen LogP) is 2.38. The molecule has 0 amide bonds. The van der Waals surface area contributed by atoms with E-state index < -0.39 is 10.0 Å². The fourth-order valence-electron chi connectivity index (χ4n) is 2.27. The van der Waals surface area contributed by atoms with Crippen LogP contribution in [-0.2, 0) is 17.1 Å². The Balaban J connectivity index is 2.27. The molecule has 0 radical (unpaired) electrons. The third-order valence-corrected chi connectivity index (χ3v) is 4.79. The van der Waals surface area contributed by atoms with E-state index in [0.29, 0.717) is 5.69 Å². The number of aromatic nitrogens is 2. The Morgan fingerprint density at radius 1 is 1.27 bits per heavy atom. The fraction of sp³-hybridized carbons (Fsp3) is 0.400. The van der Waals surface area contributed by atoms with Gasteiger partial charge in [0.1, 0.15) is 0 Å². The van der Waals surface area contributed by atoms with Crippen LogP contribution in [0.2, 0.25) is 0 Å². The number of benzene rings is 1. The summed E-state index contributed by atoms with van der Waals surface area (Å²) in [6, 6.07) is 5.71. The minimum atomic E-state index is -3.65. The van der Waals surface area contributed by atoms with Gasteiger partial charge in [-0.3, -0.25) is 4.72 Å². The molecule has 7 heteroatoms. The van der Waals surface area contributed by atoms with Crippen LogP contribution < -0.4 is 9.62 Å². The molecule has 0 aliphatic heterocycles. The van der Waals surface area contributed by atoms with E-state index in [2.05, 4.69) is 28.5 Å². The van der Waals surface area contributed by atoms with E-state index in [9.17, 15) is 8.42 Å². The Labute approximate surface area is 131 Å². The number of anilines is 2. The Morgan fingerprint density at radius 3 is 2.45 bits per heavy atom. The molecule has 0 fully saturated rings. The highest BCUT2D eigenvalue weighted by atomic mass is 32.2. The largest absolute Gasteiger partial charge is 0.372 e. The topological polar surface area (TPSA) is 67.2 Å². The Bertz CT molecular complexity index is 749. The predicted molar refractivity (Wildman–Crippen MR) is 88.8 cm³/mol. The average Bonchev–Trinajstić information content (AvgIpc) is 2.90. The first-order valence-corrected chi connectivity index (χ1v) is 8.72. The summed E-state index contributed by atoms with van der Waals surface area (Å²) in [6.07, 6.45) is 2.94. The van der Waals surface area contributed by atoms with Crippen LogP contribution in [0.5, 0.6) is 0 Å². The van der Waals surface area contributed by atoms with Crippen molar-refractivity contribution < 1.29 is 8.42 Å². The third kappa shape index (κ3) is 3.41. The highest BCUT2D eigenvalue weighted by Gasteiger charge is 2.18. The van der Waals surface area contributed by atoms with Gasteiger partial charge >= 0.3 is 0 Å². The van der Waals surface area contributed by atoms with E-state index in [1.165, 1.54) is 12.5 Å². The van der Waals surface area contributed by atoms with Crippen molar-refractivity contribution in [2.75, 3.05) is 22.7 Å². The lowest BCUT2D eigenvalue weighted by atomic mass is 10.1. The molecule has 22 heavy (non-hydrogen) atoms. The Kier molecular flexibility index (Phi) is 4.75. The molecule has 0 spiro atoms. The summed E-state index contributed by atoms with van der Waals surface area (Å²) < 4.78 is 28.8. The maximum atomic E-state index is 12.3. The summed E-state index contributed by atoms with van der Waals surface area (Å²) in [5.41, 5.74) is 2.54. The van der Waals surface area contributed by atoms with E-state index in [4.69, 9.17) is 0 Å². The summed E-state index contributed by atoms with van der Waals surface area (Å²) in [5, 5.41) is 0.0159. The second-order valence-electron chi connectivity index (χ2n) is 5.15. The lowest BCUT2D eigenvalue weighted by Gasteiger charge is -2.22. The molecule has 0 saturated heterocycles.